The zero-order valence-electron chi connectivity index (χ0n) is 14.0. The second-order valence-electron chi connectivity index (χ2n) is 5.66. The highest BCUT2D eigenvalue weighted by molar-refractivity contribution is 5.90. The van der Waals surface area contributed by atoms with E-state index in [9.17, 15) is 4.79 Å². The fraction of sp³-hybridized carbons (Fsp3) is 0.150. The quantitative estimate of drug-likeness (QED) is 0.748. The molecule has 1 amide bonds. The third kappa shape index (κ3) is 4.96. The maximum absolute atomic E-state index is 12.0. The molecule has 0 unspecified atom stereocenters. The molecule has 1 heterocycles. The van der Waals surface area contributed by atoms with E-state index in [1.807, 2.05) is 67.6 Å². The van der Waals surface area contributed by atoms with Gasteiger partial charge in [-0.2, -0.15) is 0 Å². The maximum atomic E-state index is 12.0. The third-order valence-electron chi connectivity index (χ3n) is 3.60. The van der Waals surface area contributed by atoms with Gasteiger partial charge in [-0.05, 0) is 18.6 Å². The summed E-state index contributed by atoms with van der Waals surface area (Å²) in [6, 6.07) is 19.5. The highest BCUT2D eigenvalue weighted by atomic mass is 16.5. The third-order valence-corrected chi connectivity index (χ3v) is 3.60. The number of hydrogen-bond acceptors (Lipinski definition) is 4. The number of rotatable bonds is 6. The fourth-order valence-corrected chi connectivity index (χ4v) is 2.30. The number of nitrogens with one attached hydrogen (secondary N) is 1. The second kappa shape index (κ2) is 8.17. The molecule has 0 saturated carbocycles. The summed E-state index contributed by atoms with van der Waals surface area (Å²) < 4.78 is 5.41. The van der Waals surface area contributed by atoms with E-state index in [-0.39, 0.29) is 18.5 Å². The summed E-state index contributed by atoms with van der Waals surface area (Å²) in [5, 5.41) is 2.66. The van der Waals surface area contributed by atoms with E-state index < -0.39 is 0 Å². The summed E-state index contributed by atoms with van der Waals surface area (Å²) in [7, 11) is 0. The van der Waals surface area contributed by atoms with Crippen LogP contribution in [-0.4, -0.2) is 22.5 Å². The van der Waals surface area contributed by atoms with Crippen molar-refractivity contribution < 1.29 is 9.53 Å². The summed E-state index contributed by atoms with van der Waals surface area (Å²) in [5.74, 6) is -0.0108. The summed E-state index contributed by atoms with van der Waals surface area (Å²) in [5.41, 5.74) is 3.94. The van der Waals surface area contributed by atoms with Crippen LogP contribution < -0.4 is 5.32 Å². The van der Waals surface area contributed by atoms with Crippen molar-refractivity contribution in [3.05, 3.63) is 78.0 Å². The fourth-order valence-electron chi connectivity index (χ4n) is 2.30. The summed E-state index contributed by atoms with van der Waals surface area (Å²) in [6.45, 7) is 2.37. The monoisotopic (exact) mass is 333 g/mol. The molecule has 3 aromatic rings. The average molecular weight is 333 g/mol. The van der Waals surface area contributed by atoms with Crippen molar-refractivity contribution in [2.45, 2.75) is 13.5 Å². The zero-order valence-corrected chi connectivity index (χ0v) is 14.0. The number of nitrogens with zero attached hydrogens (tertiary/aromatic N) is 2. The van der Waals surface area contributed by atoms with Crippen molar-refractivity contribution >= 4 is 11.9 Å². The first-order valence-electron chi connectivity index (χ1n) is 8.02. The lowest BCUT2D eigenvalue weighted by Gasteiger charge is -2.07. The SMILES string of the molecule is Cc1ccc(-c2ccnc(NC(=O)COCc3ccccc3)n2)cc1. The van der Waals surface area contributed by atoms with Gasteiger partial charge in [-0.3, -0.25) is 10.1 Å². The molecule has 25 heavy (non-hydrogen) atoms. The normalized spacial score (nSPS) is 10.4. The Balaban J connectivity index is 1.56. The molecule has 0 fully saturated rings. The topological polar surface area (TPSA) is 64.1 Å². The molecule has 0 saturated heterocycles. The zero-order chi connectivity index (χ0) is 17.5. The van der Waals surface area contributed by atoms with Crippen LogP contribution in [-0.2, 0) is 16.1 Å². The summed E-state index contributed by atoms with van der Waals surface area (Å²) in [4.78, 5) is 20.4. The van der Waals surface area contributed by atoms with Crippen molar-refractivity contribution in [3.63, 3.8) is 0 Å². The summed E-state index contributed by atoms with van der Waals surface area (Å²) in [6.07, 6.45) is 1.63. The number of benzene rings is 2. The number of amides is 1. The number of anilines is 1. The molecule has 1 aromatic heterocycles. The van der Waals surface area contributed by atoms with Gasteiger partial charge >= 0.3 is 0 Å². The van der Waals surface area contributed by atoms with Crippen LogP contribution in [0, 0.1) is 6.92 Å². The minimum absolute atomic E-state index is 0.0486. The van der Waals surface area contributed by atoms with Crippen LogP contribution in [0.2, 0.25) is 0 Å². The average Bonchev–Trinajstić information content (AvgIpc) is 2.63. The van der Waals surface area contributed by atoms with E-state index in [0.717, 1.165) is 16.8 Å². The Bertz CT molecular complexity index is 833. The minimum Gasteiger partial charge on any atom is -0.367 e. The van der Waals surface area contributed by atoms with Crippen LogP contribution in [0.25, 0.3) is 11.3 Å². The lowest BCUT2D eigenvalue weighted by molar-refractivity contribution is -0.121. The van der Waals surface area contributed by atoms with Gasteiger partial charge in [-0.25, -0.2) is 9.97 Å². The van der Waals surface area contributed by atoms with Gasteiger partial charge in [0.15, 0.2) is 0 Å². The number of aromatic nitrogens is 2. The van der Waals surface area contributed by atoms with E-state index in [0.29, 0.717) is 6.61 Å². The predicted molar refractivity (Wildman–Crippen MR) is 96.9 cm³/mol. The minimum atomic E-state index is -0.281. The van der Waals surface area contributed by atoms with Crippen molar-refractivity contribution in [2.24, 2.45) is 0 Å². The van der Waals surface area contributed by atoms with Crippen molar-refractivity contribution in [3.8, 4) is 11.3 Å². The molecule has 5 heteroatoms. The van der Waals surface area contributed by atoms with E-state index in [4.69, 9.17) is 4.74 Å². The summed E-state index contributed by atoms with van der Waals surface area (Å²) >= 11 is 0. The van der Waals surface area contributed by atoms with E-state index >= 15 is 0 Å². The number of aryl methyl sites for hydroxylation is 1. The molecule has 0 bridgehead atoms. The number of carbonyl (C=O) groups is 1. The molecule has 5 nitrogen and oxygen atoms in total. The highest BCUT2D eigenvalue weighted by Gasteiger charge is 2.07. The molecule has 1 N–H and O–H groups in total. The molecular formula is C20H19N3O2. The van der Waals surface area contributed by atoms with Crippen LogP contribution >= 0.6 is 0 Å². The molecule has 0 spiro atoms. The molecule has 0 radical (unpaired) electrons. The second-order valence-corrected chi connectivity index (χ2v) is 5.66. The van der Waals surface area contributed by atoms with Gasteiger partial charge in [0.2, 0.25) is 5.95 Å². The first-order chi connectivity index (χ1) is 12.2. The molecular weight excluding hydrogens is 314 g/mol. The van der Waals surface area contributed by atoms with E-state index in [2.05, 4.69) is 15.3 Å². The Morgan fingerprint density at radius 1 is 1.04 bits per heavy atom. The van der Waals surface area contributed by atoms with Crippen molar-refractivity contribution in [1.29, 1.82) is 0 Å². The van der Waals surface area contributed by atoms with Crippen LogP contribution in [0.15, 0.2) is 66.9 Å². The highest BCUT2D eigenvalue weighted by Crippen LogP contribution is 2.18. The number of hydrogen-bond donors (Lipinski definition) is 1. The first kappa shape index (κ1) is 16.8. The largest absolute Gasteiger partial charge is 0.367 e. The van der Waals surface area contributed by atoms with Crippen molar-refractivity contribution in [2.75, 3.05) is 11.9 Å². The smallest absolute Gasteiger partial charge is 0.252 e. The Morgan fingerprint density at radius 3 is 2.56 bits per heavy atom. The van der Waals surface area contributed by atoms with Gasteiger partial charge in [0.05, 0.1) is 12.3 Å². The van der Waals surface area contributed by atoms with Crippen molar-refractivity contribution in [1.82, 2.24) is 9.97 Å². The molecule has 0 aliphatic rings. The number of ether oxygens (including phenoxy) is 1. The molecule has 0 aliphatic heterocycles. The standard InChI is InChI=1S/C20H19N3O2/c1-15-7-9-17(10-8-15)18-11-12-21-20(22-18)23-19(24)14-25-13-16-5-3-2-4-6-16/h2-12H,13-14H2,1H3,(H,21,22,23,24). The molecule has 2 aromatic carbocycles. The lowest BCUT2D eigenvalue weighted by Crippen LogP contribution is -2.19. The Hall–Kier alpha value is -3.05. The van der Waals surface area contributed by atoms with Gasteiger partial charge in [-0.15, -0.1) is 0 Å². The van der Waals surface area contributed by atoms with Gasteiger partial charge in [0, 0.05) is 11.8 Å². The van der Waals surface area contributed by atoms with Gasteiger partial charge in [-0.1, -0.05) is 60.2 Å². The Morgan fingerprint density at radius 2 is 1.80 bits per heavy atom. The van der Waals surface area contributed by atoms with E-state index in [1.54, 1.807) is 6.20 Å². The van der Waals surface area contributed by atoms with Gasteiger partial charge in [0.25, 0.3) is 5.91 Å². The predicted octanol–water partition coefficient (Wildman–Crippen LogP) is 3.61. The maximum Gasteiger partial charge on any atom is 0.252 e. The number of carbonyl (C=O) groups excluding carboxylic acids is 1. The van der Waals surface area contributed by atoms with Crippen LogP contribution in [0.1, 0.15) is 11.1 Å². The van der Waals surface area contributed by atoms with Crippen LogP contribution in [0.4, 0.5) is 5.95 Å². The molecule has 3 rings (SSSR count). The van der Waals surface area contributed by atoms with Gasteiger partial charge < -0.3 is 4.74 Å². The van der Waals surface area contributed by atoms with E-state index in [1.165, 1.54) is 5.56 Å². The van der Waals surface area contributed by atoms with Crippen LogP contribution in [0.3, 0.4) is 0 Å². The Kier molecular flexibility index (Phi) is 5.49. The molecule has 0 atom stereocenters. The first-order valence-corrected chi connectivity index (χ1v) is 8.02. The molecule has 0 aliphatic carbocycles. The lowest BCUT2D eigenvalue weighted by atomic mass is 10.1. The van der Waals surface area contributed by atoms with Gasteiger partial charge in [0.1, 0.15) is 6.61 Å². The van der Waals surface area contributed by atoms with Crippen LogP contribution in [0.5, 0.6) is 0 Å². The Labute approximate surface area is 146 Å². The molecule has 126 valence electrons.